The van der Waals surface area contributed by atoms with Crippen LogP contribution in [0.5, 0.6) is 0 Å². The van der Waals surface area contributed by atoms with Gasteiger partial charge in [-0.05, 0) is 18.2 Å². The summed E-state index contributed by atoms with van der Waals surface area (Å²) in [4.78, 5) is 22.1. The maximum Gasteiger partial charge on any atom is 0.325 e. The van der Waals surface area contributed by atoms with Crippen molar-refractivity contribution in [2.75, 3.05) is 0 Å². The number of aromatic nitrogens is 1. The Labute approximate surface area is 80.3 Å². The van der Waals surface area contributed by atoms with Crippen LogP contribution in [0, 0.1) is 0 Å². The number of benzene rings is 1. The highest BCUT2D eigenvalue weighted by atomic mass is 79.9. The molecule has 5 heteroatoms. The molecule has 0 spiro atoms. The molecule has 0 saturated carbocycles. The minimum Gasteiger partial charge on any atom is -0.378 e. The van der Waals surface area contributed by atoms with Crippen LogP contribution in [0.3, 0.4) is 0 Å². The highest BCUT2D eigenvalue weighted by molar-refractivity contribution is 9.10. The molecule has 1 aromatic carbocycles. The van der Waals surface area contributed by atoms with Gasteiger partial charge in [0, 0.05) is 4.47 Å². The molecule has 1 aromatic heterocycles. The molecule has 0 saturated heterocycles. The van der Waals surface area contributed by atoms with E-state index < -0.39 is 11.0 Å². The van der Waals surface area contributed by atoms with Gasteiger partial charge in [0.2, 0.25) is 0 Å². The van der Waals surface area contributed by atoms with E-state index in [0.717, 1.165) is 4.47 Å². The van der Waals surface area contributed by atoms with Gasteiger partial charge in [-0.25, -0.2) is 0 Å². The van der Waals surface area contributed by atoms with Crippen molar-refractivity contribution in [2.45, 2.75) is 0 Å². The monoisotopic (exact) mass is 241 g/mol. The van der Waals surface area contributed by atoms with Crippen molar-refractivity contribution in [2.24, 2.45) is 0 Å². The largest absolute Gasteiger partial charge is 0.378 e. The molecule has 2 rings (SSSR count). The van der Waals surface area contributed by atoms with Crippen LogP contribution in [0.1, 0.15) is 0 Å². The highest BCUT2D eigenvalue weighted by Crippen LogP contribution is 2.14. The van der Waals surface area contributed by atoms with Gasteiger partial charge in [0.25, 0.3) is 5.43 Å². The topological polar surface area (TPSA) is 63.1 Å². The first-order valence-electron chi connectivity index (χ1n) is 3.49. The number of hydrogen-bond donors (Lipinski definition) is 1. The van der Waals surface area contributed by atoms with Gasteiger partial charge in [0.1, 0.15) is 0 Å². The molecular weight excluding hydrogens is 238 g/mol. The third-order valence-corrected chi connectivity index (χ3v) is 2.14. The lowest BCUT2D eigenvalue weighted by Gasteiger charge is -1.93. The summed E-state index contributed by atoms with van der Waals surface area (Å²) in [5, 5.41) is 2.28. The fourth-order valence-corrected chi connectivity index (χ4v) is 1.40. The van der Waals surface area contributed by atoms with Crippen LogP contribution in [0.15, 0.2) is 36.8 Å². The predicted octanol–water partition coefficient (Wildman–Crippen LogP) is 1.24. The highest BCUT2D eigenvalue weighted by Gasteiger charge is 2.03. The third-order valence-electron chi connectivity index (χ3n) is 1.65. The molecule has 0 unspecified atom stereocenters. The van der Waals surface area contributed by atoms with Gasteiger partial charge in [-0.15, -0.1) is 0 Å². The Bertz CT molecular complexity index is 569. The third kappa shape index (κ3) is 1.31. The number of aromatic amines is 1. The van der Waals surface area contributed by atoms with E-state index in [1.165, 1.54) is 0 Å². The number of H-pyrrole nitrogens is 1. The van der Waals surface area contributed by atoms with Gasteiger partial charge in [-0.1, -0.05) is 15.9 Å². The van der Waals surface area contributed by atoms with Gasteiger partial charge in [-0.3, -0.25) is 9.59 Å². The van der Waals surface area contributed by atoms with Crippen LogP contribution >= 0.6 is 15.9 Å². The number of fused-ring (bicyclic) bond motifs is 1. The zero-order chi connectivity index (χ0) is 9.42. The standard InChI is InChI=1S/C8H4BrNO3/c9-4-1-2-6-5(3-4)7(11)8(12)10-13-6/h1-3H,(H,10,12). The number of halogens is 1. The van der Waals surface area contributed by atoms with Crippen molar-refractivity contribution in [3.63, 3.8) is 0 Å². The van der Waals surface area contributed by atoms with Gasteiger partial charge < -0.3 is 4.52 Å². The van der Waals surface area contributed by atoms with Crippen LogP contribution < -0.4 is 11.0 Å². The zero-order valence-corrected chi connectivity index (χ0v) is 7.92. The van der Waals surface area contributed by atoms with Crippen LogP contribution in [-0.2, 0) is 0 Å². The average molecular weight is 242 g/mol. The molecule has 0 fully saturated rings. The maximum atomic E-state index is 11.3. The SMILES string of the molecule is O=c1[nH]oc2ccc(Br)cc2c1=O. The number of nitrogens with one attached hydrogen (secondary N) is 1. The van der Waals surface area contributed by atoms with Crippen LogP contribution in [0.4, 0.5) is 0 Å². The van der Waals surface area contributed by atoms with E-state index in [1.54, 1.807) is 18.2 Å². The summed E-state index contributed by atoms with van der Waals surface area (Å²) in [7, 11) is 0. The summed E-state index contributed by atoms with van der Waals surface area (Å²) < 4.78 is 5.55. The molecule has 4 nitrogen and oxygen atoms in total. The van der Waals surface area contributed by atoms with E-state index >= 15 is 0 Å². The Kier molecular flexibility index (Phi) is 1.81. The minimum atomic E-state index is -0.745. The van der Waals surface area contributed by atoms with Gasteiger partial charge in [-0.2, -0.15) is 5.16 Å². The predicted molar refractivity (Wildman–Crippen MR) is 50.8 cm³/mol. The van der Waals surface area contributed by atoms with E-state index in [9.17, 15) is 9.59 Å². The van der Waals surface area contributed by atoms with Gasteiger partial charge >= 0.3 is 5.56 Å². The first-order valence-corrected chi connectivity index (χ1v) is 4.29. The normalized spacial score (nSPS) is 10.5. The smallest absolute Gasteiger partial charge is 0.325 e. The molecule has 1 N–H and O–H groups in total. The van der Waals surface area contributed by atoms with Gasteiger partial charge in [0.15, 0.2) is 5.58 Å². The van der Waals surface area contributed by atoms with Crippen LogP contribution in [-0.4, -0.2) is 5.16 Å². The molecular formula is C8H4BrNO3. The van der Waals surface area contributed by atoms with Crippen molar-refractivity contribution in [1.82, 2.24) is 5.16 Å². The molecule has 0 bridgehead atoms. The van der Waals surface area contributed by atoms with Crippen molar-refractivity contribution < 1.29 is 4.52 Å². The summed E-state index contributed by atoms with van der Waals surface area (Å²) in [6, 6.07) is 4.89. The Morgan fingerprint density at radius 3 is 2.85 bits per heavy atom. The van der Waals surface area contributed by atoms with E-state index in [2.05, 4.69) is 15.9 Å². The van der Waals surface area contributed by atoms with Crippen molar-refractivity contribution in [1.29, 1.82) is 0 Å². The van der Waals surface area contributed by atoms with Crippen LogP contribution in [0.2, 0.25) is 0 Å². The summed E-state index contributed by atoms with van der Waals surface area (Å²) in [6.07, 6.45) is 0. The molecule has 0 aliphatic rings. The zero-order valence-electron chi connectivity index (χ0n) is 6.33. The summed E-state index contributed by atoms with van der Waals surface area (Å²) in [5.41, 5.74) is -0.957. The minimum absolute atomic E-state index is 0.276. The van der Waals surface area contributed by atoms with Crippen molar-refractivity contribution in [3.8, 4) is 0 Å². The Morgan fingerprint density at radius 2 is 2.08 bits per heavy atom. The first kappa shape index (κ1) is 8.25. The second-order valence-electron chi connectivity index (χ2n) is 2.50. The summed E-state index contributed by atoms with van der Waals surface area (Å²) in [5.74, 6) is 0. The lowest BCUT2D eigenvalue weighted by molar-refractivity contribution is 0.430. The molecule has 0 atom stereocenters. The fourth-order valence-electron chi connectivity index (χ4n) is 1.04. The second-order valence-corrected chi connectivity index (χ2v) is 3.42. The molecule has 0 aliphatic heterocycles. The molecule has 66 valence electrons. The van der Waals surface area contributed by atoms with Crippen LogP contribution in [0.25, 0.3) is 11.0 Å². The Balaban J connectivity index is 3.06. The molecule has 1 heterocycles. The molecule has 0 radical (unpaired) electrons. The van der Waals surface area contributed by atoms with E-state index in [-0.39, 0.29) is 5.39 Å². The summed E-state index contributed by atoms with van der Waals surface area (Å²) in [6.45, 7) is 0. The maximum absolute atomic E-state index is 11.3. The molecule has 0 aliphatic carbocycles. The lowest BCUT2D eigenvalue weighted by Crippen LogP contribution is -2.25. The molecule has 2 aromatic rings. The van der Waals surface area contributed by atoms with Crippen molar-refractivity contribution >= 4 is 26.9 Å². The number of hydrogen-bond acceptors (Lipinski definition) is 3. The summed E-state index contributed by atoms with van der Waals surface area (Å²) >= 11 is 3.20. The van der Waals surface area contributed by atoms with E-state index in [1.807, 2.05) is 5.16 Å². The second kappa shape index (κ2) is 2.85. The number of rotatable bonds is 0. The lowest BCUT2D eigenvalue weighted by atomic mass is 10.2. The molecule has 13 heavy (non-hydrogen) atoms. The Hall–Kier alpha value is -1.36. The van der Waals surface area contributed by atoms with E-state index in [0.29, 0.717) is 5.58 Å². The Morgan fingerprint density at radius 1 is 1.31 bits per heavy atom. The van der Waals surface area contributed by atoms with Crippen molar-refractivity contribution in [3.05, 3.63) is 43.2 Å². The quantitative estimate of drug-likeness (QED) is 0.707. The van der Waals surface area contributed by atoms with E-state index in [4.69, 9.17) is 4.52 Å². The molecule has 0 amide bonds. The first-order chi connectivity index (χ1) is 6.18. The van der Waals surface area contributed by atoms with Gasteiger partial charge in [0.05, 0.1) is 5.39 Å². The fraction of sp³-hybridized carbons (Fsp3) is 0. The average Bonchev–Trinajstić information content (AvgIpc) is 2.12.